The number of nitrogens with zero attached hydrogens (tertiary/aromatic N) is 1. The van der Waals surface area contributed by atoms with Crippen LogP contribution in [0, 0.1) is 0 Å². The summed E-state index contributed by atoms with van der Waals surface area (Å²) in [5.74, 6) is -0.422. The van der Waals surface area contributed by atoms with Crippen LogP contribution in [0.3, 0.4) is 0 Å². The van der Waals surface area contributed by atoms with Crippen molar-refractivity contribution in [2.45, 2.75) is 13.8 Å². The molecule has 0 radical (unpaired) electrons. The van der Waals surface area contributed by atoms with Gasteiger partial charge in [-0.05, 0) is 43.7 Å². The van der Waals surface area contributed by atoms with Crippen LogP contribution in [0.4, 0.5) is 4.39 Å². The summed E-state index contributed by atoms with van der Waals surface area (Å²) >= 11 is 0. The van der Waals surface area contributed by atoms with Crippen LogP contribution in [0.15, 0.2) is 84.4 Å². The van der Waals surface area contributed by atoms with Gasteiger partial charge in [0.1, 0.15) is 23.7 Å². The third-order valence-electron chi connectivity index (χ3n) is 3.61. The fourth-order valence-corrected chi connectivity index (χ4v) is 2.33. The molecule has 0 aliphatic heterocycles. The number of aromatic nitrogens is 1. The molecule has 5 heteroatoms. The number of hydrogen-bond donors (Lipinski definition) is 0. The van der Waals surface area contributed by atoms with E-state index in [2.05, 4.69) is 11.6 Å². The highest BCUT2D eigenvalue weighted by Crippen LogP contribution is 2.23. The summed E-state index contributed by atoms with van der Waals surface area (Å²) in [7, 11) is 0. The molecule has 0 aliphatic rings. The molecule has 140 valence electrons. The molecule has 27 heavy (non-hydrogen) atoms. The topological polar surface area (TPSA) is 48.4 Å². The van der Waals surface area contributed by atoms with Gasteiger partial charge in [-0.1, -0.05) is 30.9 Å². The van der Waals surface area contributed by atoms with Crippen LogP contribution in [0.25, 0.3) is 10.9 Å². The van der Waals surface area contributed by atoms with Gasteiger partial charge in [-0.2, -0.15) is 0 Å². The van der Waals surface area contributed by atoms with E-state index in [4.69, 9.17) is 9.47 Å². The Balaban J connectivity index is 2.03. The minimum Gasteiger partial charge on any atom is -0.487 e. The fourth-order valence-electron chi connectivity index (χ4n) is 2.33. The highest BCUT2D eigenvalue weighted by molar-refractivity contribution is 5.84. The standard InChI is InChI=1S/C22H22FNO3/c1-4-17(11-12-21(25)26-5-2)19(23)14-16(3)15-27-20-10-6-8-18-9-7-13-24-22(18)20/h4,6-14H,3,5,15H2,1-2H3/b12-11+,17-4-,19-14+. The number of rotatable bonds is 8. The highest BCUT2D eigenvalue weighted by atomic mass is 19.1. The molecule has 4 nitrogen and oxygen atoms in total. The largest absolute Gasteiger partial charge is 0.487 e. The van der Waals surface area contributed by atoms with Crippen LogP contribution < -0.4 is 4.74 Å². The highest BCUT2D eigenvalue weighted by Gasteiger charge is 2.06. The number of carbonyl (C=O) groups is 1. The van der Waals surface area contributed by atoms with Crippen molar-refractivity contribution in [3.63, 3.8) is 0 Å². The molecule has 0 N–H and O–H groups in total. The first-order valence-electron chi connectivity index (χ1n) is 8.58. The van der Waals surface area contributed by atoms with Crippen molar-refractivity contribution in [1.29, 1.82) is 0 Å². The number of fused-ring (bicyclic) bond motifs is 1. The Bertz CT molecular complexity index is 907. The Morgan fingerprint density at radius 1 is 1.26 bits per heavy atom. The van der Waals surface area contributed by atoms with Crippen LogP contribution in [0.1, 0.15) is 13.8 Å². The van der Waals surface area contributed by atoms with Crippen LogP contribution >= 0.6 is 0 Å². The molecule has 0 atom stereocenters. The number of pyridine rings is 1. The summed E-state index contributed by atoms with van der Waals surface area (Å²) < 4.78 is 24.9. The normalized spacial score (nSPS) is 12.4. The summed E-state index contributed by atoms with van der Waals surface area (Å²) in [6.45, 7) is 7.59. The lowest BCUT2D eigenvalue weighted by Crippen LogP contribution is -2.01. The second kappa shape index (κ2) is 10.1. The van der Waals surface area contributed by atoms with Crippen molar-refractivity contribution >= 4 is 16.9 Å². The second-order valence-corrected chi connectivity index (χ2v) is 5.60. The van der Waals surface area contributed by atoms with E-state index in [0.29, 0.717) is 11.3 Å². The molecular formula is C22H22FNO3. The summed E-state index contributed by atoms with van der Waals surface area (Å²) in [5, 5.41) is 0.961. The number of benzene rings is 1. The molecule has 0 bridgehead atoms. The van der Waals surface area contributed by atoms with E-state index in [1.807, 2.05) is 30.3 Å². The van der Waals surface area contributed by atoms with E-state index in [0.717, 1.165) is 10.9 Å². The third-order valence-corrected chi connectivity index (χ3v) is 3.61. The van der Waals surface area contributed by atoms with E-state index in [-0.39, 0.29) is 18.8 Å². The molecule has 1 heterocycles. The Morgan fingerprint density at radius 3 is 2.78 bits per heavy atom. The van der Waals surface area contributed by atoms with Gasteiger partial charge in [-0.25, -0.2) is 9.18 Å². The Morgan fingerprint density at radius 2 is 2.04 bits per heavy atom. The molecule has 1 aromatic heterocycles. The Labute approximate surface area is 158 Å². The van der Waals surface area contributed by atoms with Gasteiger partial charge >= 0.3 is 5.97 Å². The van der Waals surface area contributed by atoms with Crippen LogP contribution in [-0.2, 0) is 9.53 Å². The molecule has 0 saturated carbocycles. The van der Waals surface area contributed by atoms with Gasteiger partial charge in [-0.15, -0.1) is 0 Å². The lowest BCUT2D eigenvalue weighted by molar-refractivity contribution is -0.137. The van der Waals surface area contributed by atoms with Gasteiger partial charge in [0.05, 0.1) is 6.61 Å². The van der Waals surface area contributed by atoms with Gasteiger partial charge in [0.25, 0.3) is 0 Å². The molecule has 0 fully saturated rings. The van der Waals surface area contributed by atoms with Gasteiger partial charge in [0.15, 0.2) is 0 Å². The molecule has 0 aliphatic carbocycles. The van der Waals surface area contributed by atoms with Crippen molar-refractivity contribution in [3.8, 4) is 5.75 Å². The second-order valence-electron chi connectivity index (χ2n) is 5.60. The monoisotopic (exact) mass is 367 g/mol. The molecule has 0 spiro atoms. The summed E-state index contributed by atoms with van der Waals surface area (Å²) in [6.07, 6.45) is 7.09. The van der Waals surface area contributed by atoms with E-state index in [1.54, 1.807) is 26.1 Å². The maximum Gasteiger partial charge on any atom is 0.330 e. The van der Waals surface area contributed by atoms with Crippen LogP contribution in [-0.4, -0.2) is 24.2 Å². The van der Waals surface area contributed by atoms with Crippen molar-refractivity contribution in [3.05, 3.63) is 84.4 Å². The average Bonchev–Trinajstić information content (AvgIpc) is 2.67. The van der Waals surface area contributed by atoms with Crippen molar-refractivity contribution in [2.75, 3.05) is 13.2 Å². The number of allylic oxidation sites excluding steroid dienone is 4. The lowest BCUT2D eigenvalue weighted by atomic mass is 10.1. The van der Waals surface area contributed by atoms with E-state index >= 15 is 0 Å². The maximum atomic E-state index is 14.4. The molecule has 1 aromatic carbocycles. The van der Waals surface area contributed by atoms with Gasteiger partial charge in [0, 0.05) is 23.2 Å². The SMILES string of the molecule is C=C(\C=C(F)/C(=C\C)/C=C/C(=O)OCC)COc1cccc2cccnc12. The maximum absolute atomic E-state index is 14.4. The number of halogens is 1. The molecular weight excluding hydrogens is 345 g/mol. The first-order chi connectivity index (χ1) is 13.0. The minimum atomic E-state index is -0.518. The van der Waals surface area contributed by atoms with Crippen molar-refractivity contribution < 1.29 is 18.7 Å². The third kappa shape index (κ3) is 5.92. The van der Waals surface area contributed by atoms with Crippen molar-refractivity contribution in [1.82, 2.24) is 4.98 Å². The van der Waals surface area contributed by atoms with E-state index in [1.165, 1.54) is 18.2 Å². The lowest BCUT2D eigenvalue weighted by Gasteiger charge is -2.09. The van der Waals surface area contributed by atoms with Crippen molar-refractivity contribution in [2.24, 2.45) is 0 Å². The molecule has 2 aromatic rings. The average molecular weight is 367 g/mol. The molecule has 0 unspecified atom stereocenters. The fraction of sp³-hybridized carbons (Fsp3) is 0.182. The Hall–Kier alpha value is -3.21. The summed E-state index contributed by atoms with van der Waals surface area (Å²) in [5.41, 5.74) is 1.45. The minimum absolute atomic E-state index is 0.113. The number of ether oxygens (including phenoxy) is 2. The zero-order valence-corrected chi connectivity index (χ0v) is 15.4. The number of para-hydroxylation sites is 1. The Kier molecular flexibility index (Phi) is 7.49. The number of hydrogen-bond acceptors (Lipinski definition) is 4. The van der Waals surface area contributed by atoms with Crippen LogP contribution in [0.2, 0.25) is 0 Å². The smallest absolute Gasteiger partial charge is 0.330 e. The molecule has 0 saturated heterocycles. The summed E-state index contributed by atoms with van der Waals surface area (Å²) in [6, 6.07) is 9.42. The predicted molar refractivity (Wildman–Crippen MR) is 105 cm³/mol. The first kappa shape index (κ1) is 20.1. The van der Waals surface area contributed by atoms with E-state index < -0.39 is 11.8 Å². The van der Waals surface area contributed by atoms with Crippen LogP contribution in [0.5, 0.6) is 5.75 Å². The quantitative estimate of drug-likeness (QED) is 0.370. The molecule has 2 rings (SSSR count). The van der Waals surface area contributed by atoms with Gasteiger partial charge in [0.2, 0.25) is 0 Å². The zero-order chi connectivity index (χ0) is 19.6. The van der Waals surface area contributed by atoms with E-state index in [9.17, 15) is 9.18 Å². The number of esters is 1. The summed E-state index contributed by atoms with van der Waals surface area (Å²) in [4.78, 5) is 15.7. The van der Waals surface area contributed by atoms with Gasteiger partial charge < -0.3 is 9.47 Å². The zero-order valence-electron chi connectivity index (χ0n) is 15.4. The number of carbonyl (C=O) groups excluding carboxylic acids is 1. The van der Waals surface area contributed by atoms with Gasteiger partial charge in [-0.3, -0.25) is 4.98 Å². The first-order valence-corrected chi connectivity index (χ1v) is 8.58. The molecule has 0 amide bonds. The predicted octanol–water partition coefficient (Wildman–Crippen LogP) is 5.09.